The second kappa shape index (κ2) is 4.71. The third kappa shape index (κ3) is 2.48. The largest absolute Gasteiger partial charge is 0.505 e. The molecule has 0 atom stereocenters. The third-order valence-corrected chi connectivity index (χ3v) is 4.18. The first-order valence-electron chi connectivity index (χ1n) is 6.84. The fourth-order valence-corrected chi connectivity index (χ4v) is 2.97. The molecular weight excluding hydrogens is 268 g/mol. The lowest BCUT2D eigenvalue weighted by Gasteiger charge is -2.39. The predicted molar refractivity (Wildman–Crippen MR) is 66.4 cm³/mol. The summed E-state index contributed by atoms with van der Waals surface area (Å²) < 4.78 is 27.3. The number of aromatic nitrogens is 2. The SMILES string of the molecule is O=C(C1CC(F)(F)C1)N1CCC(n2cc(O)cn2)CC1. The summed E-state index contributed by atoms with van der Waals surface area (Å²) in [6, 6.07) is 0.155. The highest BCUT2D eigenvalue weighted by molar-refractivity contribution is 5.80. The summed E-state index contributed by atoms with van der Waals surface area (Å²) in [5.41, 5.74) is 0. The second-order valence-corrected chi connectivity index (χ2v) is 5.70. The summed E-state index contributed by atoms with van der Waals surface area (Å²) in [5.74, 6) is -3.17. The minimum atomic E-state index is -2.65. The standard InChI is InChI=1S/C13H17F2N3O2/c14-13(15)5-9(6-13)12(20)17-3-1-10(2-4-17)18-8-11(19)7-16-18/h7-10,19H,1-6H2. The highest BCUT2D eigenvalue weighted by Gasteiger charge is 2.49. The van der Waals surface area contributed by atoms with Gasteiger partial charge in [-0.25, -0.2) is 8.78 Å². The molecule has 2 aliphatic rings. The average Bonchev–Trinajstić information content (AvgIpc) is 2.82. The Kier molecular flexibility index (Phi) is 3.14. The molecule has 1 aliphatic heterocycles. The van der Waals surface area contributed by atoms with Crippen molar-refractivity contribution in [2.24, 2.45) is 5.92 Å². The smallest absolute Gasteiger partial charge is 0.249 e. The number of likely N-dealkylation sites (tertiary alicyclic amines) is 1. The number of hydrogen-bond donors (Lipinski definition) is 1. The van der Waals surface area contributed by atoms with E-state index >= 15 is 0 Å². The molecule has 1 saturated heterocycles. The highest BCUT2D eigenvalue weighted by atomic mass is 19.3. The molecule has 20 heavy (non-hydrogen) atoms. The monoisotopic (exact) mass is 285 g/mol. The van der Waals surface area contributed by atoms with Crippen LogP contribution < -0.4 is 0 Å². The number of alkyl halides is 2. The second-order valence-electron chi connectivity index (χ2n) is 5.70. The minimum absolute atomic E-state index is 0.125. The summed E-state index contributed by atoms with van der Waals surface area (Å²) in [6.07, 6.45) is 3.80. The number of carbonyl (C=O) groups excluding carboxylic acids is 1. The Morgan fingerprint density at radius 1 is 1.35 bits per heavy atom. The Morgan fingerprint density at radius 2 is 2.00 bits per heavy atom. The summed E-state index contributed by atoms with van der Waals surface area (Å²) in [7, 11) is 0. The molecule has 1 aromatic rings. The first-order chi connectivity index (χ1) is 9.44. The molecule has 1 N–H and O–H groups in total. The number of nitrogens with zero attached hydrogens (tertiary/aromatic N) is 3. The van der Waals surface area contributed by atoms with E-state index in [2.05, 4.69) is 5.10 Å². The predicted octanol–water partition coefficient (Wildman–Crippen LogP) is 1.80. The molecule has 3 rings (SSSR count). The van der Waals surface area contributed by atoms with Crippen LogP contribution >= 0.6 is 0 Å². The van der Waals surface area contributed by atoms with Gasteiger partial charge < -0.3 is 10.0 Å². The van der Waals surface area contributed by atoms with Gasteiger partial charge in [0.1, 0.15) is 0 Å². The van der Waals surface area contributed by atoms with Crippen LogP contribution in [-0.2, 0) is 4.79 Å². The van der Waals surface area contributed by atoms with E-state index in [0.717, 1.165) is 12.8 Å². The van der Waals surface area contributed by atoms with E-state index in [1.807, 2.05) is 0 Å². The number of rotatable bonds is 2. The van der Waals surface area contributed by atoms with E-state index in [4.69, 9.17) is 0 Å². The Hall–Kier alpha value is -1.66. The van der Waals surface area contributed by atoms with Crippen molar-refractivity contribution in [3.05, 3.63) is 12.4 Å². The molecule has 5 nitrogen and oxygen atoms in total. The third-order valence-electron chi connectivity index (χ3n) is 4.18. The van der Waals surface area contributed by atoms with E-state index in [1.54, 1.807) is 15.8 Å². The Morgan fingerprint density at radius 3 is 2.50 bits per heavy atom. The zero-order chi connectivity index (χ0) is 14.3. The van der Waals surface area contributed by atoms with Crippen LogP contribution in [0.3, 0.4) is 0 Å². The molecule has 110 valence electrons. The van der Waals surface area contributed by atoms with Crippen LogP contribution in [0.25, 0.3) is 0 Å². The molecule has 0 bridgehead atoms. The maximum Gasteiger partial charge on any atom is 0.249 e. The summed E-state index contributed by atoms with van der Waals surface area (Å²) in [6.45, 7) is 1.12. The fraction of sp³-hybridized carbons (Fsp3) is 0.692. The lowest BCUT2D eigenvalue weighted by Crippen LogP contribution is -2.49. The maximum atomic E-state index is 12.8. The normalized spacial score (nSPS) is 23.6. The van der Waals surface area contributed by atoms with Crippen molar-refractivity contribution < 1.29 is 18.7 Å². The van der Waals surface area contributed by atoms with Gasteiger partial charge in [0.05, 0.1) is 18.4 Å². The molecule has 0 aromatic carbocycles. The van der Waals surface area contributed by atoms with Gasteiger partial charge in [0.2, 0.25) is 11.8 Å². The average molecular weight is 285 g/mol. The summed E-state index contributed by atoms with van der Waals surface area (Å²) in [5, 5.41) is 13.3. The minimum Gasteiger partial charge on any atom is -0.505 e. The maximum absolute atomic E-state index is 12.8. The van der Waals surface area contributed by atoms with Gasteiger partial charge in [-0.15, -0.1) is 0 Å². The molecule has 7 heteroatoms. The van der Waals surface area contributed by atoms with Crippen molar-refractivity contribution in [2.45, 2.75) is 37.6 Å². The topological polar surface area (TPSA) is 58.4 Å². The number of aromatic hydroxyl groups is 1. The molecule has 2 fully saturated rings. The zero-order valence-corrected chi connectivity index (χ0v) is 11.0. The van der Waals surface area contributed by atoms with Crippen molar-refractivity contribution in [2.75, 3.05) is 13.1 Å². The van der Waals surface area contributed by atoms with E-state index in [-0.39, 0.29) is 30.5 Å². The molecule has 2 heterocycles. The van der Waals surface area contributed by atoms with Gasteiger partial charge in [-0.2, -0.15) is 5.10 Å². The first-order valence-corrected chi connectivity index (χ1v) is 6.84. The molecule has 1 aromatic heterocycles. The molecular formula is C13H17F2N3O2. The molecule has 1 aliphatic carbocycles. The van der Waals surface area contributed by atoms with E-state index in [1.165, 1.54) is 6.20 Å². The van der Waals surface area contributed by atoms with Crippen LogP contribution in [-0.4, -0.2) is 44.7 Å². The lowest BCUT2D eigenvalue weighted by atomic mass is 9.80. The van der Waals surface area contributed by atoms with Crippen LogP contribution in [0, 0.1) is 5.92 Å². The van der Waals surface area contributed by atoms with Crippen molar-refractivity contribution in [1.29, 1.82) is 0 Å². The van der Waals surface area contributed by atoms with E-state index < -0.39 is 11.8 Å². The van der Waals surface area contributed by atoms with Crippen molar-refractivity contribution >= 4 is 5.91 Å². The van der Waals surface area contributed by atoms with Crippen LogP contribution in [0.5, 0.6) is 5.75 Å². The first kappa shape index (κ1) is 13.3. The lowest BCUT2D eigenvalue weighted by molar-refractivity contribution is -0.160. The van der Waals surface area contributed by atoms with Gasteiger partial charge >= 0.3 is 0 Å². The molecule has 0 radical (unpaired) electrons. The van der Waals surface area contributed by atoms with Crippen molar-refractivity contribution in [1.82, 2.24) is 14.7 Å². The summed E-state index contributed by atoms with van der Waals surface area (Å²) in [4.78, 5) is 13.7. The van der Waals surface area contributed by atoms with Crippen molar-refractivity contribution in [3.8, 4) is 5.75 Å². The van der Waals surface area contributed by atoms with Crippen LogP contribution in [0.1, 0.15) is 31.7 Å². The number of carbonyl (C=O) groups is 1. The van der Waals surface area contributed by atoms with Gasteiger partial charge in [0.15, 0.2) is 5.75 Å². The molecule has 0 unspecified atom stereocenters. The van der Waals surface area contributed by atoms with Crippen molar-refractivity contribution in [3.63, 3.8) is 0 Å². The van der Waals surface area contributed by atoms with Crippen LogP contribution in [0.2, 0.25) is 0 Å². The summed E-state index contributed by atoms with van der Waals surface area (Å²) >= 11 is 0. The highest BCUT2D eigenvalue weighted by Crippen LogP contribution is 2.43. The van der Waals surface area contributed by atoms with Gasteiger partial charge in [-0.05, 0) is 12.8 Å². The Labute approximate surface area is 115 Å². The zero-order valence-electron chi connectivity index (χ0n) is 11.0. The van der Waals surface area contributed by atoms with E-state index in [0.29, 0.717) is 13.1 Å². The quantitative estimate of drug-likeness (QED) is 0.901. The number of halogens is 2. The van der Waals surface area contributed by atoms with Gasteiger partial charge in [0.25, 0.3) is 0 Å². The van der Waals surface area contributed by atoms with Crippen LogP contribution in [0.15, 0.2) is 12.4 Å². The van der Waals surface area contributed by atoms with Crippen LogP contribution in [0.4, 0.5) is 8.78 Å². The van der Waals surface area contributed by atoms with Gasteiger partial charge in [-0.3, -0.25) is 9.48 Å². The van der Waals surface area contributed by atoms with Gasteiger partial charge in [-0.1, -0.05) is 0 Å². The number of amides is 1. The fourth-order valence-electron chi connectivity index (χ4n) is 2.97. The van der Waals surface area contributed by atoms with E-state index in [9.17, 15) is 18.7 Å². The van der Waals surface area contributed by atoms with Gasteiger partial charge in [0, 0.05) is 31.8 Å². The molecule has 1 amide bonds. The Balaban J connectivity index is 1.52. The molecule has 1 saturated carbocycles. The molecule has 0 spiro atoms. The number of hydrogen-bond acceptors (Lipinski definition) is 3. The number of piperidine rings is 1. The Bertz CT molecular complexity index is 501.